The van der Waals surface area contributed by atoms with Crippen molar-refractivity contribution in [3.63, 3.8) is 0 Å². The fourth-order valence-corrected chi connectivity index (χ4v) is 4.63. The number of thioether (sulfide) groups is 1. The highest BCUT2D eigenvalue weighted by Crippen LogP contribution is 2.36. The molecule has 1 aliphatic heterocycles. The molecular weight excluding hydrogens is 392 g/mol. The summed E-state index contributed by atoms with van der Waals surface area (Å²) >= 11 is 1.70. The summed E-state index contributed by atoms with van der Waals surface area (Å²) in [4.78, 5) is 5.72. The molecule has 3 aromatic rings. The zero-order chi connectivity index (χ0) is 19.6. The normalized spacial score (nSPS) is 13.4. The largest absolute Gasteiger partial charge is 0.457 e. The number of nitrogens with zero attached hydrogens (tertiary/aromatic N) is 1. The molecule has 0 fully saturated rings. The van der Waals surface area contributed by atoms with Crippen LogP contribution in [0, 0.1) is 0 Å². The molecule has 0 spiro atoms. The van der Waals surface area contributed by atoms with E-state index in [4.69, 9.17) is 4.74 Å². The second-order valence-electron chi connectivity index (χ2n) is 6.31. The predicted molar refractivity (Wildman–Crippen MR) is 114 cm³/mol. The van der Waals surface area contributed by atoms with Crippen molar-refractivity contribution in [1.82, 2.24) is 0 Å². The van der Waals surface area contributed by atoms with E-state index in [2.05, 4.69) is 9.71 Å². The summed E-state index contributed by atoms with van der Waals surface area (Å²) in [5.74, 6) is 2.12. The van der Waals surface area contributed by atoms with Crippen LogP contribution in [0.25, 0.3) is 0 Å². The molecule has 0 aliphatic carbocycles. The number of benzene rings is 3. The Morgan fingerprint density at radius 2 is 1.68 bits per heavy atom. The van der Waals surface area contributed by atoms with Gasteiger partial charge in [0.1, 0.15) is 11.5 Å². The van der Waals surface area contributed by atoms with Gasteiger partial charge in [0.05, 0.1) is 16.3 Å². The predicted octanol–water partition coefficient (Wildman–Crippen LogP) is 5.48. The molecule has 1 heterocycles. The third kappa shape index (κ3) is 4.21. The zero-order valence-corrected chi connectivity index (χ0v) is 16.8. The van der Waals surface area contributed by atoms with Crippen molar-refractivity contribution in [3.8, 4) is 11.5 Å². The lowest BCUT2D eigenvalue weighted by Gasteiger charge is -2.15. The van der Waals surface area contributed by atoms with Crippen LogP contribution in [-0.2, 0) is 10.0 Å². The third-order valence-corrected chi connectivity index (χ3v) is 6.69. The van der Waals surface area contributed by atoms with Gasteiger partial charge in [0.15, 0.2) is 0 Å². The van der Waals surface area contributed by atoms with Crippen molar-refractivity contribution < 1.29 is 13.2 Å². The first-order valence-electron chi connectivity index (χ1n) is 8.66. The van der Waals surface area contributed by atoms with E-state index >= 15 is 0 Å². The maximum atomic E-state index is 12.7. The van der Waals surface area contributed by atoms with E-state index in [0.29, 0.717) is 17.2 Å². The molecule has 5 nitrogen and oxygen atoms in total. The van der Waals surface area contributed by atoms with Crippen LogP contribution in [0.5, 0.6) is 11.5 Å². The Balaban J connectivity index is 1.52. The molecule has 0 unspecified atom stereocenters. The van der Waals surface area contributed by atoms with Gasteiger partial charge in [-0.15, -0.1) is 11.8 Å². The summed E-state index contributed by atoms with van der Waals surface area (Å²) in [6.45, 7) is 1.96. The smallest absolute Gasteiger partial charge is 0.261 e. The Kier molecular flexibility index (Phi) is 5.11. The molecule has 0 atom stereocenters. The van der Waals surface area contributed by atoms with Crippen molar-refractivity contribution in [3.05, 3.63) is 72.8 Å². The molecule has 0 aromatic heterocycles. The van der Waals surface area contributed by atoms with Crippen molar-refractivity contribution in [1.29, 1.82) is 0 Å². The average Bonchev–Trinajstić information content (AvgIpc) is 2.68. The third-order valence-electron chi connectivity index (χ3n) is 4.07. The Morgan fingerprint density at radius 1 is 0.964 bits per heavy atom. The number of hydrogen-bond donors (Lipinski definition) is 1. The molecule has 4 rings (SSSR count). The van der Waals surface area contributed by atoms with Gasteiger partial charge >= 0.3 is 0 Å². The standard InChI is InChI=1S/C21H18N2O3S2/c1-15-14-27-21-12-7-16(13-20(21)22-15)23-28(24,25)19-10-8-18(9-11-19)26-17-5-3-2-4-6-17/h2-13,23H,14H2,1H3. The molecule has 0 radical (unpaired) electrons. The molecule has 0 saturated heterocycles. The number of anilines is 1. The maximum absolute atomic E-state index is 12.7. The molecule has 0 saturated carbocycles. The van der Waals surface area contributed by atoms with Crippen molar-refractivity contribution in [2.75, 3.05) is 10.5 Å². The highest BCUT2D eigenvalue weighted by Gasteiger charge is 2.16. The monoisotopic (exact) mass is 410 g/mol. The number of para-hydroxylation sites is 1. The lowest BCUT2D eigenvalue weighted by Crippen LogP contribution is -2.13. The van der Waals surface area contributed by atoms with Crippen LogP contribution in [-0.4, -0.2) is 19.9 Å². The van der Waals surface area contributed by atoms with Crippen LogP contribution in [0.2, 0.25) is 0 Å². The summed E-state index contributed by atoms with van der Waals surface area (Å²) in [6, 6.07) is 21.1. The van der Waals surface area contributed by atoms with Crippen LogP contribution in [0.15, 0.2) is 87.6 Å². The number of ether oxygens (including phenoxy) is 1. The van der Waals surface area contributed by atoms with Gasteiger partial charge in [-0.3, -0.25) is 9.71 Å². The fraction of sp³-hybridized carbons (Fsp3) is 0.0952. The van der Waals surface area contributed by atoms with Crippen LogP contribution in [0.4, 0.5) is 11.4 Å². The van der Waals surface area contributed by atoms with Gasteiger partial charge in [-0.1, -0.05) is 18.2 Å². The molecule has 0 bridgehead atoms. The minimum absolute atomic E-state index is 0.166. The number of fused-ring (bicyclic) bond motifs is 1. The Bertz CT molecular complexity index is 1130. The van der Waals surface area contributed by atoms with E-state index in [9.17, 15) is 8.42 Å². The van der Waals surface area contributed by atoms with Gasteiger partial charge in [-0.25, -0.2) is 8.42 Å². The Labute approximate surface area is 168 Å². The second-order valence-corrected chi connectivity index (χ2v) is 9.01. The SMILES string of the molecule is CC1=Nc2cc(NS(=O)(=O)c3ccc(Oc4ccccc4)cc3)ccc2SC1. The van der Waals surface area contributed by atoms with Crippen LogP contribution >= 0.6 is 11.8 Å². The van der Waals surface area contributed by atoms with E-state index in [0.717, 1.165) is 22.0 Å². The van der Waals surface area contributed by atoms with Gasteiger partial charge in [-0.2, -0.15) is 0 Å². The lowest BCUT2D eigenvalue weighted by atomic mass is 10.3. The van der Waals surface area contributed by atoms with Crippen molar-refractivity contribution in [2.45, 2.75) is 16.7 Å². The second kappa shape index (κ2) is 7.69. The fourth-order valence-electron chi connectivity index (χ4n) is 2.74. The first kappa shape index (κ1) is 18.6. The zero-order valence-electron chi connectivity index (χ0n) is 15.1. The quantitative estimate of drug-likeness (QED) is 0.605. The molecule has 3 aromatic carbocycles. The maximum Gasteiger partial charge on any atom is 0.261 e. The van der Waals surface area contributed by atoms with Crippen LogP contribution in [0.1, 0.15) is 6.92 Å². The van der Waals surface area contributed by atoms with Crippen LogP contribution in [0.3, 0.4) is 0 Å². The van der Waals surface area contributed by atoms with Gasteiger partial charge in [0.2, 0.25) is 0 Å². The minimum Gasteiger partial charge on any atom is -0.457 e. The van der Waals surface area contributed by atoms with E-state index in [1.165, 1.54) is 12.1 Å². The summed E-state index contributed by atoms with van der Waals surface area (Å²) in [6.07, 6.45) is 0. The molecule has 0 amide bonds. The number of rotatable bonds is 5. The highest BCUT2D eigenvalue weighted by molar-refractivity contribution is 8.00. The van der Waals surface area contributed by atoms with Gasteiger partial charge in [0.25, 0.3) is 10.0 Å². The van der Waals surface area contributed by atoms with Gasteiger partial charge in [-0.05, 0) is 61.5 Å². The first-order chi connectivity index (χ1) is 13.5. The molecule has 142 valence electrons. The lowest BCUT2D eigenvalue weighted by molar-refractivity contribution is 0.482. The summed E-state index contributed by atoms with van der Waals surface area (Å²) < 4.78 is 33.7. The van der Waals surface area contributed by atoms with Gasteiger partial charge in [0, 0.05) is 16.4 Å². The van der Waals surface area contributed by atoms with E-state index in [-0.39, 0.29) is 4.90 Å². The average molecular weight is 411 g/mol. The van der Waals surface area contributed by atoms with Gasteiger partial charge < -0.3 is 4.74 Å². The molecule has 7 heteroatoms. The number of nitrogens with one attached hydrogen (secondary N) is 1. The number of aliphatic imine (C=N–C) groups is 1. The topological polar surface area (TPSA) is 67.8 Å². The van der Waals surface area contributed by atoms with Crippen molar-refractivity contribution in [2.24, 2.45) is 4.99 Å². The first-order valence-corrected chi connectivity index (χ1v) is 11.1. The Hall–Kier alpha value is -2.77. The minimum atomic E-state index is -3.70. The van der Waals surface area contributed by atoms with Crippen molar-refractivity contribution >= 4 is 38.9 Å². The number of hydrogen-bond acceptors (Lipinski definition) is 5. The molecule has 1 aliphatic rings. The molecule has 28 heavy (non-hydrogen) atoms. The van der Waals surface area contributed by atoms with E-state index in [1.54, 1.807) is 36.0 Å². The summed E-state index contributed by atoms with van der Waals surface area (Å²) in [5, 5.41) is 0. The summed E-state index contributed by atoms with van der Waals surface area (Å²) in [7, 11) is -3.70. The molecular formula is C21H18N2O3S2. The van der Waals surface area contributed by atoms with E-state index < -0.39 is 10.0 Å². The molecule has 1 N–H and O–H groups in total. The van der Waals surface area contributed by atoms with E-state index in [1.807, 2.05) is 43.3 Å². The number of sulfonamides is 1. The summed E-state index contributed by atoms with van der Waals surface area (Å²) in [5.41, 5.74) is 2.30. The highest BCUT2D eigenvalue weighted by atomic mass is 32.2. The van der Waals surface area contributed by atoms with Crippen LogP contribution < -0.4 is 9.46 Å². The Morgan fingerprint density at radius 3 is 2.43 bits per heavy atom.